The van der Waals surface area contributed by atoms with Gasteiger partial charge in [-0.3, -0.25) is 4.79 Å². The number of pyridine rings is 2. The third-order valence-corrected chi connectivity index (χ3v) is 6.72. The van der Waals surface area contributed by atoms with Crippen molar-refractivity contribution < 1.29 is 13.6 Å². The first-order valence-electron chi connectivity index (χ1n) is 13.2. The Bertz CT molecular complexity index is 1520. The fourth-order valence-corrected chi connectivity index (χ4v) is 4.60. The minimum atomic E-state index is -2.48. The van der Waals surface area contributed by atoms with E-state index in [0.717, 1.165) is 31.6 Å². The van der Waals surface area contributed by atoms with Crippen molar-refractivity contribution in [3.63, 3.8) is 0 Å². The second-order valence-corrected chi connectivity index (χ2v) is 8.86. The number of aromatic nitrogens is 6. The highest BCUT2D eigenvalue weighted by atomic mass is 16.5. The molecule has 1 aliphatic carbocycles. The van der Waals surface area contributed by atoms with Crippen molar-refractivity contribution in [1.29, 1.82) is 0 Å². The summed E-state index contributed by atoms with van der Waals surface area (Å²) in [6, 6.07) is 5.56. The first-order chi connectivity index (χ1) is 18.3. The number of rotatable bonds is 6. The summed E-state index contributed by atoms with van der Waals surface area (Å²) in [7, 11) is 0. The molecule has 180 valence electrons. The van der Waals surface area contributed by atoms with Gasteiger partial charge in [0, 0.05) is 47.2 Å². The number of carbonyl (C=O) groups is 1. The average Bonchev–Trinajstić information content (AvgIpc) is 3.58. The number of nitrogens with one attached hydrogen (secondary N) is 2. The Kier molecular flexibility index (Phi) is 4.61. The average molecular weight is 477 g/mol. The summed E-state index contributed by atoms with van der Waals surface area (Å²) < 4.78 is 30.0. The molecule has 2 fully saturated rings. The van der Waals surface area contributed by atoms with E-state index >= 15 is 0 Å². The zero-order valence-corrected chi connectivity index (χ0v) is 19.2. The molecule has 1 amide bonds. The van der Waals surface area contributed by atoms with Crippen molar-refractivity contribution in [1.82, 2.24) is 29.8 Å². The van der Waals surface area contributed by atoms with Crippen LogP contribution in [0, 0.1) is 11.8 Å². The molecule has 0 aromatic carbocycles. The van der Waals surface area contributed by atoms with Crippen molar-refractivity contribution in [3.05, 3.63) is 30.6 Å². The van der Waals surface area contributed by atoms with Gasteiger partial charge < -0.3 is 20.3 Å². The van der Waals surface area contributed by atoms with Gasteiger partial charge in [-0.15, -0.1) is 15.3 Å². The summed E-state index contributed by atoms with van der Waals surface area (Å²) in [5.41, 5.74) is 2.43. The minimum Gasteiger partial charge on any atom is -0.378 e. The summed E-state index contributed by atoms with van der Waals surface area (Å²) in [6.07, 6.45) is 5.24. The topological polar surface area (TPSA) is 122 Å². The van der Waals surface area contributed by atoms with E-state index in [1.807, 2.05) is 18.3 Å². The molecule has 1 saturated heterocycles. The number of fused-ring (bicyclic) bond motifs is 2. The summed E-state index contributed by atoms with van der Waals surface area (Å²) in [6.45, 7) is 2.54. The molecule has 1 saturated carbocycles. The Labute approximate surface area is 206 Å². The summed E-state index contributed by atoms with van der Waals surface area (Å²) in [5.74, 6) is 0.991. The molecule has 0 spiro atoms. The first-order valence-corrected chi connectivity index (χ1v) is 11.7. The molecule has 11 heteroatoms. The zero-order chi connectivity index (χ0) is 26.4. The summed E-state index contributed by atoms with van der Waals surface area (Å²) >= 11 is 0. The van der Waals surface area contributed by atoms with Gasteiger partial charge in [0.15, 0.2) is 23.1 Å². The minimum absolute atomic E-state index is 0.0250. The molecule has 2 N–H and O–H groups in total. The predicted molar refractivity (Wildman–Crippen MR) is 132 cm³/mol. The third kappa shape index (κ3) is 4.01. The maximum absolute atomic E-state index is 12.7. The quantitative estimate of drug-likeness (QED) is 0.432. The number of amides is 1. The molecule has 0 bridgehead atoms. The van der Waals surface area contributed by atoms with Crippen LogP contribution in [-0.4, -0.2) is 69.0 Å². The van der Waals surface area contributed by atoms with Crippen LogP contribution in [0.4, 0.5) is 17.3 Å². The fourth-order valence-electron chi connectivity index (χ4n) is 4.60. The molecule has 1 aliphatic heterocycles. The Balaban J connectivity index is 1.40. The fraction of sp³-hybridized carbons (Fsp3) is 0.417. The maximum Gasteiger partial charge on any atom is 0.228 e. The van der Waals surface area contributed by atoms with Crippen molar-refractivity contribution in [2.45, 2.75) is 19.8 Å². The monoisotopic (exact) mass is 476 g/mol. The predicted octanol–water partition coefficient (Wildman–Crippen LogP) is 2.60. The lowest BCUT2D eigenvalue weighted by atomic mass is 10.1. The molecule has 2 atom stereocenters. The Morgan fingerprint density at radius 2 is 2.17 bits per heavy atom. The van der Waals surface area contributed by atoms with Gasteiger partial charge in [-0.25, -0.2) is 14.5 Å². The number of carbonyl (C=O) groups excluding carboxylic acids is 1. The van der Waals surface area contributed by atoms with Crippen LogP contribution in [0.5, 0.6) is 0 Å². The van der Waals surface area contributed by atoms with Gasteiger partial charge in [0.2, 0.25) is 5.91 Å². The SMILES string of the molecule is [2H]C([2H])([2H])Nc1ncc(-c2nc3ccc(N4CCOCC4)cn3n2)c2cc(NC(=O)[C@@H]3C[C@@H]3CC)nnc12. The van der Waals surface area contributed by atoms with Gasteiger partial charge >= 0.3 is 0 Å². The zero-order valence-electron chi connectivity index (χ0n) is 22.2. The van der Waals surface area contributed by atoms with Crippen LogP contribution in [0.3, 0.4) is 0 Å². The van der Waals surface area contributed by atoms with Crippen LogP contribution < -0.4 is 15.5 Å². The van der Waals surface area contributed by atoms with E-state index in [1.54, 1.807) is 10.6 Å². The van der Waals surface area contributed by atoms with Crippen LogP contribution >= 0.6 is 0 Å². The Morgan fingerprint density at radius 1 is 1.29 bits per heavy atom. The van der Waals surface area contributed by atoms with Gasteiger partial charge in [0.25, 0.3) is 0 Å². The largest absolute Gasteiger partial charge is 0.378 e. The number of anilines is 3. The van der Waals surface area contributed by atoms with E-state index in [-0.39, 0.29) is 29.0 Å². The molecule has 35 heavy (non-hydrogen) atoms. The normalized spacial score (nSPS) is 21.4. The van der Waals surface area contributed by atoms with Crippen LogP contribution in [0.15, 0.2) is 30.6 Å². The third-order valence-electron chi connectivity index (χ3n) is 6.72. The molecular weight excluding hydrogens is 446 g/mol. The lowest BCUT2D eigenvalue weighted by molar-refractivity contribution is -0.117. The number of hydrogen-bond acceptors (Lipinski definition) is 9. The number of hydrogen-bond donors (Lipinski definition) is 2. The molecule has 5 heterocycles. The van der Waals surface area contributed by atoms with Crippen molar-refractivity contribution in [2.75, 3.05) is 48.8 Å². The van der Waals surface area contributed by atoms with Crippen molar-refractivity contribution in [3.8, 4) is 11.4 Å². The number of nitrogens with zero attached hydrogens (tertiary/aromatic N) is 7. The highest BCUT2D eigenvalue weighted by Crippen LogP contribution is 2.41. The van der Waals surface area contributed by atoms with Gasteiger partial charge in [0.05, 0.1) is 25.1 Å². The van der Waals surface area contributed by atoms with E-state index in [9.17, 15) is 4.79 Å². The second-order valence-electron chi connectivity index (χ2n) is 8.86. The highest BCUT2D eigenvalue weighted by molar-refractivity contribution is 6.01. The van der Waals surface area contributed by atoms with E-state index in [4.69, 9.17) is 8.85 Å². The lowest BCUT2D eigenvalue weighted by Crippen LogP contribution is -2.36. The van der Waals surface area contributed by atoms with Crippen LogP contribution in [-0.2, 0) is 9.53 Å². The van der Waals surface area contributed by atoms with E-state index in [2.05, 4.69) is 47.7 Å². The molecule has 6 rings (SSSR count). The molecule has 11 nitrogen and oxygen atoms in total. The Hall–Kier alpha value is -3.86. The summed E-state index contributed by atoms with van der Waals surface area (Å²) in [4.78, 5) is 23.9. The number of morpholine rings is 1. The smallest absolute Gasteiger partial charge is 0.228 e. The van der Waals surface area contributed by atoms with E-state index < -0.39 is 6.98 Å². The Morgan fingerprint density at radius 3 is 2.97 bits per heavy atom. The standard InChI is InChI=1S/C24H27N9O2/c1-3-14-10-16(14)24(34)27-19-11-17-18(12-26-23(25-2)21(17)30-29-19)22-28-20-5-4-15(13-33(20)31-22)32-6-8-35-9-7-32/h4-5,11-14,16H,3,6-10H2,1-2H3,(H,25,26)(H,27,29,34)/t14-,16+/m0/s1/i2D3. The summed E-state index contributed by atoms with van der Waals surface area (Å²) in [5, 5.41) is 18.8. The van der Waals surface area contributed by atoms with Crippen molar-refractivity contribution in [2.24, 2.45) is 11.8 Å². The number of ether oxygens (including phenoxy) is 1. The van der Waals surface area contributed by atoms with Gasteiger partial charge in [0.1, 0.15) is 5.52 Å². The highest BCUT2D eigenvalue weighted by Gasteiger charge is 2.41. The molecule has 0 unspecified atom stereocenters. The molecule has 4 aromatic heterocycles. The van der Waals surface area contributed by atoms with Crippen LogP contribution in [0.25, 0.3) is 27.9 Å². The van der Waals surface area contributed by atoms with Gasteiger partial charge in [-0.05, 0) is 30.5 Å². The van der Waals surface area contributed by atoms with Gasteiger partial charge in [-0.2, -0.15) is 0 Å². The molecular formula is C24H27N9O2. The molecule has 2 aliphatic rings. The van der Waals surface area contributed by atoms with Crippen LogP contribution in [0.2, 0.25) is 0 Å². The van der Waals surface area contributed by atoms with E-state index in [0.29, 0.717) is 41.6 Å². The first kappa shape index (κ1) is 18.5. The van der Waals surface area contributed by atoms with Gasteiger partial charge in [-0.1, -0.05) is 13.3 Å². The molecule has 0 radical (unpaired) electrons. The van der Waals surface area contributed by atoms with E-state index in [1.165, 1.54) is 6.20 Å². The van der Waals surface area contributed by atoms with Crippen molar-refractivity contribution >= 4 is 39.8 Å². The maximum atomic E-state index is 12.7. The van der Waals surface area contributed by atoms with Crippen LogP contribution in [0.1, 0.15) is 23.9 Å². The molecule has 4 aromatic rings. The second kappa shape index (κ2) is 8.73. The lowest BCUT2D eigenvalue weighted by Gasteiger charge is -2.28.